The first-order valence-electron chi connectivity index (χ1n) is 7.98. The number of rotatable bonds is 6. The summed E-state index contributed by atoms with van der Waals surface area (Å²) in [6.07, 6.45) is 1.42. The molecule has 2 amide bonds. The smallest absolute Gasteiger partial charge is 0.255 e. The molecule has 3 rings (SSSR count). The van der Waals surface area contributed by atoms with Gasteiger partial charge in [-0.25, -0.2) is 0 Å². The van der Waals surface area contributed by atoms with Gasteiger partial charge in [-0.1, -0.05) is 54.1 Å². The van der Waals surface area contributed by atoms with Crippen LogP contribution in [0.15, 0.2) is 60.8 Å². The van der Waals surface area contributed by atoms with Crippen LogP contribution >= 0.6 is 11.6 Å². The molecule has 0 unspecified atom stereocenters. The maximum Gasteiger partial charge on any atom is 0.255 e. The molecule has 0 saturated carbocycles. The lowest BCUT2D eigenvalue weighted by molar-refractivity contribution is -0.118. The third-order valence-electron chi connectivity index (χ3n) is 3.91. The van der Waals surface area contributed by atoms with Crippen molar-refractivity contribution in [3.05, 3.63) is 76.9 Å². The van der Waals surface area contributed by atoms with Gasteiger partial charge in [0.15, 0.2) is 0 Å². The number of aromatic nitrogens is 2. The maximum atomic E-state index is 12.8. The number of H-pyrrole nitrogens is 1. The van der Waals surface area contributed by atoms with Gasteiger partial charge in [-0.2, -0.15) is 5.10 Å². The fraction of sp³-hybridized carbons (Fsp3) is 0.105. The largest absolute Gasteiger partial charge is 0.370 e. The van der Waals surface area contributed by atoms with Crippen LogP contribution in [0.25, 0.3) is 11.3 Å². The molecular formula is C19H17ClN4O2. The molecule has 3 aromatic rings. The molecule has 0 saturated heterocycles. The molecule has 2 aromatic carbocycles. The molecule has 0 spiro atoms. The summed E-state index contributed by atoms with van der Waals surface area (Å²) in [5.41, 5.74) is 7.87. The Morgan fingerprint density at radius 3 is 2.62 bits per heavy atom. The molecule has 0 fully saturated rings. The van der Waals surface area contributed by atoms with Crippen molar-refractivity contribution >= 4 is 23.4 Å². The number of nitrogens with one attached hydrogen (secondary N) is 2. The summed E-state index contributed by atoms with van der Waals surface area (Å²) >= 11 is 6.02. The number of carbonyl (C=O) groups excluding carboxylic acids is 2. The van der Waals surface area contributed by atoms with Crippen molar-refractivity contribution in [3.8, 4) is 11.3 Å². The summed E-state index contributed by atoms with van der Waals surface area (Å²) < 4.78 is 0. The number of halogens is 1. The molecule has 0 aliphatic rings. The Balaban J connectivity index is 1.87. The van der Waals surface area contributed by atoms with E-state index in [0.29, 0.717) is 21.8 Å². The van der Waals surface area contributed by atoms with Crippen LogP contribution in [0, 0.1) is 0 Å². The minimum Gasteiger partial charge on any atom is -0.370 e. The van der Waals surface area contributed by atoms with Crippen molar-refractivity contribution in [2.45, 2.75) is 12.5 Å². The van der Waals surface area contributed by atoms with Gasteiger partial charge in [0.25, 0.3) is 5.91 Å². The van der Waals surface area contributed by atoms with Gasteiger partial charge in [0.2, 0.25) is 5.91 Å². The number of nitrogens with two attached hydrogens (primary N) is 1. The van der Waals surface area contributed by atoms with Gasteiger partial charge < -0.3 is 11.1 Å². The van der Waals surface area contributed by atoms with E-state index in [9.17, 15) is 9.59 Å². The third-order valence-corrected chi connectivity index (χ3v) is 4.14. The van der Waals surface area contributed by atoms with E-state index in [0.717, 1.165) is 5.56 Å². The zero-order valence-corrected chi connectivity index (χ0v) is 14.5. The molecule has 6 nitrogen and oxygen atoms in total. The molecule has 1 heterocycles. The number of aromatic amines is 1. The van der Waals surface area contributed by atoms with Gasteiger partial charge >= 0.3 is 0 Å². The third kappa shape index (κ3) is 4.10. The number of carbonyl (C=O) groups is 2. The van der Waals surface area contributed by atoms with Gasteiger partial charge in [0.1, 0.15) is 0 Å². The summed E-state index contributed by atoms with van der Waals surface area (Å²) in [5.74, 6) is -0.880. The van der Waals surface area contributed by atoms with Crippen LogP contribution in [0.1, 0.15) is 28.4 Å². The van der Waals surface area contributed by atoms with E-state index >= 15 is 0 Å². The lowest BCUT2D eigenvalue weighted by Gasteiger charge is -2.18. The van der Waals surface area contributed by atoms with Crippen LogP contribution in [0.5, 0.6) is 0 Å². The van der Waals surface area contributed by atoms with Gasteiger partial charge in [0.05, 0.1) is 29.9 Å². The Morgan fingerprint density at radius 2 is 1.92 bits per heavy atom. The Bertz CT molecular complexity index is 924. The lowest BCUT2D eigenvalue weighted by atomic mass is 10.0. The second-order valence-corrected chi connectivity index (χ2v) is 6.21. The van der Waals surface area contributed by atoms with E-state index in [2.05, 4.69) is 15.5 Å². The predicted molar refractivity (Wildman–Crippen MR) is 99.5 cm³/mol. The number of primary amides is 1. The van der Waals surface area contributed by atoms with E-state index in [1.165, 1.54) is 6.20 Å². The molecule has 1 atom stereocenters. The SMILES string of the molecule is NC(=O)C[C@H](NC(=O)c1cn[nH]c1-c1ccccc1)c1cccc(Cl)c1. The van der Waals surface area contributed by atoms with Crippen LogP contribution in [0.4, 0.5) is 0 Å². The zero-order valence-electron chi connectivity index (χ0n) is 13.8. The zero-order chi connectivity index (χ0) is 18.5. The minimum atomic E-state index is -0.586. The van der Waals surface area contributed by atoms with Crippen molar-refractivity contribution in [3.63, 3.8) is 0 Å². The van der Waals surface area contributed by atoms with E-state index in [-0.39, 0.29) is 12.3 Å². The average Bonchev–Trinajstić information content (AvgIpc) is 3.11. The molecule has 7 heteroatoms. The highest BCUT2D eigenvalue weighted by atomic mass is 35.5. The first-order valence-corrected chi connectivity index (χ1v) is 8.36. The standard InChI is InChI=1S/C19H17ClN4O2/c20-14-8-4-7-13(9-14)16(10-17(21)25)23-19(26)15-11-22-24-18(15)12-5-2-1-3-6-12/h1-9,11,16H,10H2,(H2,21,25)(H,22,24)(H,23,26)/t16-/m0/s1. The number of benzene rings is 2. The second-order valence-electron chi connectivity index (χ2n) is 5.78. The Morgan fingerprint density at radius 1 is 1.15 bits per heavy atom. The molecule has 4 N–H and O–H groups in total. The summed E-state index contributed by atoms with van der Waals surface area (Å²) in [6.45, 7) is 0. The van der Waals surface area contributed by atoms with Gasteiger partial charge in [-0.15, -0.1) is 0 Å². The fourth-order valence-corrected chi connectivity index (χ4v) is 2.89. The fourth-order valence-electron chi connectivity index (χ4n) is 2.70. The molecular weight excluding hydrogens is 352 g/mol. The number of hydrogen-bond acceptors (Lipinski definition) is 3. The highest BCUT2D eigenvalue weighted by Gasteiger charge is 2.21. The first kappa shape index (κ1) is 17.7. The highest BCUT2D eigenvalue weighted by Crippen LogP contribution is 2.24. The second kappa shape index (κ2) is 7.84. The molecule has 1 aromatic heterocycles. The molecule has 0 aliphatic carbocycles. The molecule has 132 valence electrons. The van der Waals surface area contributed by atoms with Crippen molar-refractivity contribution in [1.29, 1.82) is 0 Å². The van der Waals surface area contributed by atoms with Crippen LogP contribution in [-0.4, -0.2) is 22.0 Å². The Labute approximate surface area is 155 Å². The van der Waals surface area contributed by atoms with Crippen molar-refractivity contribution in [1.82, 2.24) is 15.5 Å². The van der Waals surface area contributed by atoms with Crippen molar-refractivity contribution in [2.24, 2.45) is 5.73 Å². The Kier molecular flexibility index (Phi) is 5.34. The van der Waals surface area contributed by atoms with Crippen LogP contribution in [-0.2, 0) is 4.79 Å². The Hall–Kier alpha value is -3.12. The summed E-state index contributed by atoms with van der Waals surface area (Å²) in [4.78, 5) is 24.2. The van der Waals surface area contributed by atoms with Crippen LogP contribution in [0.3, 0.4) is 0 Å². The summed E-state index contributed by atoms with van der Waals surface area (Å²) in [6, 6.07) is 15.8. The monoisotopic (exact) mass is 368 g/mol. The van der Waals surface area contributed by atoms with Gasteiger partial charge in [0, 0.05) is 10.6 Å². The number of amides is 2. The van der Waals surface area contributed by atoms with Crippen LogP contribution in [0.2, 0.25) is 5.02 Å². The topological polar surface area (TPSA) is 101 Å². The average molecular weight is 369 g/mol. The van der Waals surface area contributed by atoms with E-state index < -0.39 is 11.9 Å². The van der Waals surface area contributed by atoms with Gasteiger partial charge in [-0.05, 0) is 17.7 Å². The minimum absolute atomic E-state index is 0.0371. The summed E-state index contributed by atoms with van der Waals surface area (Å²) in [5, 5.41) is 10.2. The maximum absolute atomic E-state index is 12.8. The van der Waals surface area contributed by atoms with E-state index in [1.807, 2.05) is 30.3 Å². The highest BCUT2D eigenvalue weighted by molar-refractivity contribution is 6.30. The normalized spacial score (nSPS) is 11.7. The lowest BCUT2D eigenvalue weighted by Crippen LogP contribution is -2.32. The van der Waals surface area contributed by atoms with E-state index in [1.54, 1.807) is 24.3 Å². The predicted octanol–water partition coefficient (Wildman–Crippen LogP) is 3.08. The van der Waals surface area contributed by atoms with Gasteiger partial charge in [-0.3, -0.25) is 14.7 Å². The number of nitrogens with zero attached hydrogens (tertiary/aromatic N) is 1. The molecule has 0 bridgehead atoms. The molecule has 0 radical (unpaired) electrons. The quantitative estimate of drug-likeness (QED) is 0.623. The number of hydrogen-bond donors (Lipinski definition) is 3. The van der Waals surface area contributed by atoms with E-state index in [4.69, 9.17) is 17.3 Å². The molecule has 0 aliphatic heterocycles. The van der Waals surface area contributed by atoms with Crippen molar-refractivity contribution < 1.29 is 9.59 Å². The van der Waals surface area contributed by atoms with Crippen molar-refractivity contribution in [2.75, 3.05) is 0 Å². The molecule has 26 heavy (non-hydrogen) atoms. The van der Waals surface area contributed by atoms with Crippen LogP contribution < -0.4 is 11.1 Å². The summed E-state index contributed by atoms with van der Waals surface area (Å²) in [7, 11) is 0. The first-order chi connectivity index (χ1) is 12.5.